The molecule has 1 aliphatic rings. The molecule has 0 radical (unpaired) electrons. The summed E-state index contributed by atoms with van der Waals surface area (Å²) >= 11 is 0. The smallest absolute Gasteiger partial charge is 0.462 e. The SMILES string of the molecule is CC1(C)COC(=O)C1OC(=O)O. The van der Waals surface area contributed by atoms with Crippen molar-refractivity contribution in [2.24, 2.45) is 5.41 Å². The second kappa shape index (κ2) is 2.66. The van der Waals surface area contributed by atoms with Crippen LogP contribution in [0, 0.1) is 5.41 Å². The van der Waals surface area contributed by atoms with Gasteiger partial charge in [-0.15, -0.1) is 0 Å². The fourth-order valence-electron chi connectivity index (χ4n) is 1.04. The van der Waals surface area contributed by atoms with Gasteiger partial charge in [0.1, 0.15) is 6.61 Å². The summed E-state index contributed by atoms with van der Waals surface area (Å²) < 4.78 is 9.04. The summed E-state index contributed by atoms with van der Waals surface area (Å²) in [5.74, 6) is -0.609. The zero-order valence-electron chi connectivity index (χ0n) is 6.86. The van der Waals surface area contributed by atoms with E-state index < -0.39 is 23.6 Å². The number of carbonyl (C=O) groups excluding carboxylic acids is 1. The van der Waals surface area contributed by atoms with Crippen LogP contribution in [-0.4, -0.2) is 29.9 Å². The van der Waals surface area contributed by atoms with Crippen molar-refractivity contribution >= 4 is 12.1 Å². The van der Waals surface area contributed by atoms with Gasteiger partial charge in [-0.25, -0.2) is 9.59 Å². The van der Waals surface area contributed by atoms with Crippen LogP contribution in [0.15, 0.2) is 0 Å². The minimum Gasteiger partial charge on any atom is -0.462 e. The molecule has 0 saturated carbocycles. The summed E-state index contributed by atoms with van der Waals surface area (Å²) in [7, 11) is 0. The van der Waals surface area contributed by atoms with Gasteiger partial charge in [-0.05, 0) is 0 Å². The molecule has 12 heavy (non-hydrogen) atoms. The van der Waals surface area contributed by atoms with Gasteiger partial charge in [-0.3, -0.25) is 0 Å². The Bertz CT molecular complexity index is 220. The van der Waals surface area contributed by atoms with Crippen molar-refractivity contribution in [2.75, 3.05) is 6.61 Å². The van der Waals surface area contributed by atoms with Crippen molar-refractivity contribution in [2.45, 2.75) is 20.0 Å². The molecule has 0 aliphatic carbocycles. The van der Waals surface area contributed by atoms with Crippen LogP contribution in [0.5, 0.6) is 0 Å². The van der Waals surface area contributed by atoms with Crippen LogP contribution in [0.25, 0.3) is 0 Å². The highest BCUT2D eigenvalue weighted by Gasteiger charge is 2.46. The monoisotopic (exact) mass is 174 g/mol. The maximum atomic E-state index is 10.9. The first-order chi connectivity index (χ1) is 5.43. The number of hydrogen-bond donors (Lipinski definition) is 1. The Morgan fingerprint density at radius 1 is 1.75 bits per heavy atom. The fraction of sp³-hybridized carbons (Fsp3) is 0.714. The standard InChI is InChI=1S/C7H10O5/c1-7(2)3-11-5(8)4(7)12-6(9)10/h4H,3H2,1-2H3,(H,9,10). The zero-order chi connectivity index (χ0) is 9.35. The third-order valence-corrected chi connectivity index (χ3v) is 1.73. The fourth-order valence-corrected chi connectivity index (χ4v) is 1.04. The Kier molecular flexibility index (Phi) is 1.95. The Morgan fingerprint density at radius 2 is 2.33 bits per heavy atom. The van der Waals surface area contributed by atoms with Crippen LogP contribution < -0.4 is 0 Å². The van der Waals surface area contributed by atoms with Gasteiger partial charge in [0.2, 0.25) is 6.10 Å². The van der Waals surface area contributed by atoms with Gasteiger partial charge in [-0.2, -0.15) is 0 Å². The Labute approximate surface area is 69.3 Å². The van der Waals surface area contributed by atoms with E-state index in [0.717, 1.165) is 0 Å². The molecule has 1 atom stereocenters. The second-order valence-corrected chi connectivity index (χ2v) is 3.36. The maximum Gasteiger partial charge on any atom is 0.506 e. The number of hydrogen-bond acceptors (Lipinski definition) is 4. The van der Waals surface area contributed by atoms with E-state index in [2.05, 4.69) is 9.47 Å². The lowest BCUT2D eigenvalue weighted by atomic mass is 9.90. The van der Waals surface area contributed by atoms with Gasteiger partial charge in [0.05, 0.1) is 0 Å². The molecule has 0 spiro atoms. The molecule has 5 heteroatoms. The van der Waals surface area contributed by atoms with Gasteiger partial charge in [-0.1, -0.05) is 13.8 Å². The lowest BCUT2D eigenvalue weighted by Gasteiger charge is -2.19. The van der Waals surface area contributed by atoms with Crippen LogP contribution in [0.1, 0.15) is 13.8 Å². The molecule has 68 valence electrons. The molecule has 0 aromatic heterocycles. The first-order valence-corrected chi connectivity index (χ1v) is 3.50. The van der Waals surface area contributed by atoms with Gasteiger partial charge in [0.25, 0.3) is 0 Å². The highest BCUT2D eigenvalue weighted by Crippen LogP contribution is 2.30. The number of rotatable bonds is 1. The number of cyclic esters (lactones) is 1. The van der Waals surface area contributed by atoms with Crippen molar-refractivity contribution < 1.29 is 24.2 Å². The Hall–Kier alpha value is -1.26. The summed E-state index contributed by atoms with van der Waals surface area (Å²) in [6, 6.07) is 0. The van der Waals surface area contributed by atoms with E-state index in [-0.39, 0.29) is 6.61 Å². The van der Waals surface area contributed by atoms with Gasteiger partial charge in [0, 0.05) is 5.41 Å². The topological polar surface area (TPSA) is 72.8 Å². The Balaban J connectivity index is 2.71. The molecule has 1 N–H and O–H groups in total. The van der Waals surface area contributed by atoms with E-state index in [0.29, 0.717) is 0 Å². The van der Waals surface area contributed by atoms with E-state index in [1.54, 1.807) is 13.8 Å². The van der Waals surface area contributed by atoms with E-state index in [4.69, 9.17) is 5.11 Å². The number of esters is 1. The van der Waals surface area contributed by atoms with Crippen molar-refractivity contribution in [1.82, 2.24) is 0 Å². The third-order valence-electron chi connectivity index (χ3n) is 1.73. The molecule has 1 rings (SSSR count). The third kappa shape index (κ3) is 1.49. The predicted octanol–water partition coefficient (Wildman–Crippen LogP) is 0.633. The highest BCUT2D eigenvalue weighted by molar-refractivity contribution is 5.80. The van der Waals surface area contributed by atoms with E-state index >= 15 is 0 Å². The molecule has 0 aromatic rings. The molecule has 0 bridgehead atoms. The van der Waals surface area contributed by atoms with Crippen molar-refractivity contribution in [3.05, 3.63) is 0 Å². The van der Waals surface area contributed by atoms with E-state index in [1.807, 2.05) is 0 Å². The first-order valence-electron chi connectivity index (χ1n) is 3.50. The molecule has 1 aliphatic heterocycles. The van der Waals surface area contributed by atoms with E-state index in [9.17, 15) is 9.59 Å². The molecule has 1 heterocycles. The average Bonchev–Trinajstić information content (AvgIpc) is 2.15. The van der Waals surface area contributed by atoms with Gasteiger partial charge in [0.15, 0.2) is 0 Å². The van der Waals surface area contributed by atoms with Crippen LogP contribution in [-0.2, 0) is 14.3 Å². The number of ether oxygens (including phenoxy) is 2. The van der Waals surface area contributed by atoms with Gasteiger partial charge < -0.3 is 14.6 Å². The molecule has 1 saturated heterocycles. The largest absolute Gasteiger partial charge is 0.506 e. The van der Waals surface area contributed by atoms with Crippen molar-refractivity contribution in [3.8, 4) is 0 Å². The average molecular weight is 174 g/mol. The van der Waals surface area contributed by atoms with Crippen LogP contribution in [0.2, 0.25) is 0 Å². The van der Waals surface area contributed by atoms with Crippen LogP contribution >= 0.6 is 0 Å². The second-order valence-electron chi connectivity index (χ2n) is 3.36. The molecule has 5 nitrogen and oxygen atoms in total. The first kappa shape index (κ1) is 8.83. The van der Waals surface area contributed by atoms with Crippen LogP contribution in [0.4, 0.5) is 4.79 Å². The maximum absolute atomic E-state index is 10.9. The molecular formula is C7H10O5. The van der Waals surface area contributed by atoms with E-state index in [1.165, 1.54) is 0 Å². The molecule has 1 fully saturated rings. The molecule has 0 amide bonds. The summed E-state index contributed by atoms with van der Waals surface area (Å²) in [6.45, 7) is 3.63. The quantitative estimate of drug-likeness (QED) is 0.590. The molecular weight excluding hydrogens is 164 g/mol. The lowest BCUT2D eigenvalue weighted by Crippen LogP contribution is -2.34. The number of carbonyl (C=O) groups is 2. The summed E-state index contributed by atoms with van der Waals surface area (Å²) in [6.07, 6.45) is -2.44. The molecule has 0 aromatic carbocycles. The minimum atomic E-state index is -1.45. The lowest BCUT2D eigenvalue weighted by molar-refractivity contribution is -0.146. The summed E-state index contributed by atoms with van der Waals surface area (Å²) in [4.78, 5) is 21.1. The normalized spacial score (nSPS) is 26.5. The molecule has 1 unspecified atom stereocenters. The van der Waals surface area contributed by atoms with Crippen molar-refractivity contribution in [3.63, 3.8) is 0 Å². The van der Waals surface area contributed by atoms with Crippen molar-refractivity contribution in [1.29, 1.82) is 0 Å². The summed E-state index contributed by atoms with van der Waals surface area (Å²) in [5, 5.41) is 8.29. The predicted molar refractivity (Wildman–Crippen MR) is 37.6 cm³/mol. The zero-order valence-corrected chi connectivity index (χ0v) is 6.86. The minimum absolute atomic E-state index is 0.198. The number of carboxylic acid groups (broad SMARTS) is 1. The summed E-state index contributed by atoms with van der Waals surface area (Å²) in [5.41, 5.74) is -0.560. The van der Waals surface area contributed by atoms with Crippen LogP contribution in [0.3, 0.4) is 0 Å². The van der Waals surface area contributed by atoms with Gasteiger partial charge >= 0.3 is 12.1 Å². The highest BCUT2D eigenvalue weighted by atomic mass is 16.7. The Morgan fingerprint density at radius 3 is 2.67 bits per heavy atom.